The van der Waals surface area contributed by atoms with Gasteiger partial charge in [-0.05, 0) is 43.5 Å². The summed E-state index contributed by atoms with van der Waals surface area (Å²) in [6, 6.07) is 6.54. The summed E-state index contributed by atoms with van der Waals surface area (Å²) >= 11 is 0. The first kappa shape index (κ1) is 17.9. The van der Waals surface area contributed by atoms with Crippen LogP contribution >= 0.6 is 0 Å². The van der Waals surface area contributed by atoms with Crippen molar-refractivity contribution in [2.45, 2.75) is 47.1 Å². The van der Waals surface area contributed by atoms with E-state index in [2.05, 4.69) is 5.32 Å². The Bertz CT molecular complexity index is 555. The third-order valence-electron chi connectivity index (χ3n) is 2.91. The van der Waals surface area contributed by atoms with E-state index in [-0.39, 0.29) is 17.6 Å². The Kier molecular flexibility index (Phi) is 5.85. The van der Waals surface area contributed by atoms with Crippen LogP contribution in [0.5, 0.6) is 0 Å². The monoisotopic (exact) mass is 305 g/mol. The van der Waals surface area contributed by atoms with E-state index in [0.717, 1.165) is 0 Å². The Hall–Kier alpha value is -2.17. The van der Waals surface area contributed by atoms with Gasteiger partial charge < -0.3 is 10.1 Å². The molecule has 1 rings (SSSR count). The summed E-state index contributed by atoms with van der Waals surface area (Å²) in [7, 11) is 0. The van der Waals surface area contributed by atoms with Gasteiger partial charge in [-0.25, -0.2) is 0 Å². The number of carbonyl (C=O) groups excluding carboxylic acids is 3. The summed E-state index contributed by atoms with van der Waals surface area (Å²) in [5.41, 5.74) is 0.937. The average molecular weight is 305 g/mol. The average Bonchev–Trinajstić information content (AvgIpc) is 2.36. The fourth-order valence-corrected chi connectivity index (χ4v) is 1.76. The number of rotatable bonds is 5. The SMILES string of the molecule is CC(=O)c1ccc(NC(=O)[C@H](C)OC(=O)CC(C)(C)C)cc1. The lowest BCUT2D eigenvalue weighted by Gasteiger charge is -2.19. The molecule has 1 aromatic rings. The summed E-state index contributed by atoms with van der Waals surface area (Å²) in [5.74, 6) is -0.845. The van der Waals surface area contributed by atoms with E-state index < -0.39 is 18.0 Å². The van der Waals surface area contributed by atoms with Crippen LogP contribution in [0.25, 0.3) is 0 Å². The zero-order valence-corrected chi connectivity index (χ0v) is 13.7. The van der Waals surface area contributed by atoms with Gasteiger partial charge in [-0.3, -0.25) is 14.4 Å². The lowest BCUT2D eigenvalue weighted by molar-refractivity contribution is -0.154. The molecule has 0 radical (unpaired) electrons. The molecule has 5 nitrogen and oxygen atoms in total. The van der Waals surface area contributed by atoms with Crippen LogP contribution in [0.15, 0.2) is 24.3 Å². The number of ether oxygens (including phenoxy) is 1. The van der Waals surface area contributed by atoms with Crippen LogP contribution in [0.4, 0.5) is 5.69 Å². The molecule has 0 spiro atoms. The summed E-state index contributed by atoms with van der Waals surface area (Å²) in [6.07, 6.45) is -0.625. The first-order valence-electron chi connectivity index (χ1n) is 7.20. The summed E-state index contributed by atoms with van der Waals surface area (Å²) in [6.45, 7) is 8.78. The normalized spacial score (nSPS) is 12.4. The van der Waals surface area contributed by atoms with Gasteiger partial charge in [0.1, 0.15) is 0 Å². The maximum absolute atomic E-state index is 12.0. The van der Waals surface area contributed by atoms with E-state index in [1.54, 1.807) is 24.3 Å². The largest absolute Gasteiger partial charge is 0.453 e. The lowest BCUT2D eigenvalue weighted by Crippen LogP contribution is -2.31. The van der Waals surface area contributed by atoms with Crippen molar-refractivity contribution >= 4 is 23.3 Å². The van der Waals surface area contributed by atoms with Crippen molar-refractivity contribution < 1.29 is 19.1 Å². The molecule has 1 aromatic carbocycles. The highest BCUT2D eigenvalue weighted by Gasteiger charge is 2.22. The molecule has 0 aromatic heterocycles. The molecular weight excluding hydrogens is 282 g/mol. The Morgan fingerprint density at radius 2 is 1.68 bits per heavy atom. The molecule has 120 valence electrons. The van der Waals surface area contributed by atoms with Gasteiger partial charge in [0.05, 0.1) is 6.42 Å². The minimum absolute atomic E-state index is 0.0395. The van der Waals surface area contributed by atoms with E-state index in [1.165, 1.54) is 13.8 Å². The Morgan fingerprint density at radius 1 is 1.14 bits per heavy atom. The predicted octanol–water partition coefficient (Wildman–Crippen LogP) is 3.20. The summed E-state index contributed by atoms with van der Waals surface area (Å²) in [4.78, 5) is 34.9. The van der Waals surface area contributed by atoms with Gasteiger partial charge in [-0.2, -0.15) is 0 Å². The number of amides is 1. The molecule has 5 heteroatoms. The number of ketones is 1. The highest BCUT2D eigenvalue weighted by molar-refractivity contribution is 5.97. The van der Waals surface area contributed by atoms with Crippen molar-refractivity contribution in [2.75, 3.05) is 5.32 Å². The second-order valence-corrected chi connectivity index (χ2v) is 6.49. The van der Waals surface area contributed by atoms with Gasteiger partial charge >= 0.3 is 5.97 Å². The topological polar surface area (TPSA) is 72.5 Å². The van der Waals surface area contributed by atoms with E-state index >= 15 is 0 Å². The third kappa shape index (κ3) is 6.08. The molecule has 0 unspecified atom stereocenters. The molecular formula is C17H23NO4. The van der Waals surface area contributed by atoms with Crippen LogP contribution in [-0.4, -0.2) is 23.8 Å². The highest BCUT2D eigenvalue weighted by Crippen LogP contribution is 2.19. The van der Waals surface area contributed by atoms with E-state index in [9.17, 15) is 14.4 Å². The highest BCUT2D eigenvalue weighted by atomic mass is 16.5. The molecule has 0 fully saturated rings. The zero-order valence-electron chi connectivity index (χ0n) is 13.7. The van der Waals surface area contributed by atoms with Crippen LogP contribution in [-0.2, 0) is 14.3 Å². The van der Waals surface area contributed by atoms with Gasteiger partial charge in [0.15, 0.2) is 11.9 Å². The summed E-state index contributed by atoms with van der Waals surface area (Å²) in [5, 5.41) is 2.65. The van der Waals surface area contributed by atoms with Crippen LogP contribution in [0.3, 0.4) is 0 Å². The molecule has 1 N–H and O–H groups in total. The van der Waals surface area contributed by atoms with Crippen molar-refractivity contribution in [3.05, 3.63) is 29.8 Å². The van der Waals surface area contributed by atoms with Crippen LogP contribution in [0.1, 0.15) is 51.4 Å². The fourth-order valence-electron chi connectivity index (χ4n) is 1.76. The molecule has 22 heavy (non-hydrogen) atoms. The third-order valence-corrected chi connectivity index (χ3v) is 2.91. The van der Waals surface area contributed by atoms with E-state index in [0.29, 0.717) is 11.3 Å². The van der Waals surface area contributed by atoms with Crippen molar-refractivity contribution in [3.8, 4) is 0 Å². The summed E-state index contributed by atoms with van der Waals surface area (Å²) < 4.78 is 5.12. The Balaban J connectivity index is 2.57. The van der Waals surface area contributed by atoms with Gasteiger partial charge in [0.25, 0.3) is 5.91 Å². The zero-order chi connectivity index (χ0) is 16.9. The number of esters is 1. The minimum Gasteiger partial charge on any atom is -0.453 e. The fraction of sp³-hybridized carbons (Fsp3) is 0.471. The first-order chi connectivity index (χ1) is 10.1. The Labute approximate surface area is 131 Å². The number of Topliss-reactive ketones (excluding diaryl/α,β-unsaturated/α-hetero) is 1. The lowest BCUT2D eigenvalue weighted by atomic mass is 9.92. The molecule has 0 saturated heterocycles. The van der Waals surface area contributed by atoms with Gasteiger partial charge in [-0.1, -0.05) is 20.8 Å². The van der Waals surface area contributed by atoms with E-state index in [1.807, 2.05) is 20.8 Å². The molecule has 0 saturated carbocycles. The van der Waals surface area contributed by atoms with E-state index in [4.69, 9.17) is 4.74 Å². The molecule has 0 aliphatic heterocycles. The molecule has 0 bridgehead atoms. The first-order valence-corrected chi connectivity index (χ1v) is 7.20. The molecule has 0 heterocycles. The van der Waals surface area contributed by atoms with Crippen LogP contribution in [0, 0.1) is 5.41 Å². The Morgan fingerprint density at radius 3 is 2.14 bits per heavy atom. The number of hydrogen-bond acceptors (Lipinski definition) is 4. The van der Waals surface area contributed by atoms with Crippen molar-refractivity contribution in [1.82, 2.24) is 0 Å². The van der Waals surface area contributed by atoms with Gasteiger partial charge in [0.2, 0.25) is 0 Å². The smallest absolute Gasteiger partial charge is 0.307 e. The maximum Gasteiger partial charge on any atom is 0.307 e. The molecule has 0 aliphatic carbocycles. The molecule has 1 amide bonds. The second-order valence-electron chi connectivity index (χ2n) is 6.49. The van der Waals surface area contributed by atoms with Gasteiger partial charge in [0, 0.05) is 11.3 Å². The van der Waals surface area contributed by atoms with Crippen molar-refractivity contribution in [1.29, 1.82) is 0 Å². The van der Waals surface area contributed by atoms with Gasteiger partial charge in [-0.15, -0.1) is 0 Å². The standard InChI is InChI=1S/C17H23NO4/c1-11(19)13-6-8-14(9-7-13)18-16(21)12(2)22-15(20)10-17(3,4)5/h6-9,12H,10H2,1-5H3,(H,18,21)/t12-/m0/s1. The maximum atomic E-state index is 12.0. The van der Waals surface area contributed by atoms with Crippen molar-refractivity contribution in [2.24, 2.45) is 5.41 Å². The number of hydrogen-bond donors (Lipinski definition) is 1. The predicted molar refractivity (Wildman–Crippen MR) is 84.7 cm³/mol. The minimum atomic E-state index is -0.873. The number of nitrogens with one attached hydrogen (secondary N) is 1. The molecule has 0 aliphatic rings. The number of carbonyl (C=O) groups is 3. The second kappa shape index (κ2) is 7.20. The molecule has 1 atom stereocenters. The number of benzene rings is 1. The number of anilines is 1. The van der Waals surface area contributed by atoms with Crippen LogP contribution in [0.2, 0.25) is 0 Å². The van der Waals surface area contributed by atoms with Crippen LogP contribution < -0.4 is 5.32 Å². The van der Waals surface area contributed by atoms with Crippen molar-refractivity contribution in [3.63, 3.8) is 0 Å². The quantitative estimate of drug-likeness (QED) is 0.670.